The highest BCUT2D eigenvalue weighted by Gasteiger charge is 2.21. The van der Waals surface area contributed by atoms with Crippen LogP contribution in [0.25, 0.3) is 0 Å². The highest BCUT2D eigenvalue weighted by Crippen LogP contribution is 2.36. The lowest BCUT2D eigenvalue weighted by Crippen LogP contribution is -2.40. The molecule has 2 unspecified atom stereocenters. The number of hydrogen-bond acceptors (Lipinski definition) is 3. The molecular weight excluding hydrogens is 344 g/mol. The van der Waals surface area contributed by atoms with Crippen molar-refractivity contribution < 1.29 is 9.53 Å². The number of hydrogen-bond donors (Lipinski definition) is 2. The minimum atomic E-state index is -0.563. The van der Waals surface area contributed by atoms with Gasteiger partial charge in [-0.25, -0.2) is 0 Å². The van der Waals surface area contributed by atoms with Gasteiger partial charge in [-0.1, -0.05) is 31.9 Å². The highest BCUT2D eigenvalue weighted by molar-refractivity contribution is 9.10. The molecule has 2 atom stereocenters. The van der Waals surface area contributed by atoms with Gasteiger partial charge in [-0.15, -0.1) is 0 Å². The molecular formula is C14H20BrClN2O2. The predicted molar refractivity (Wildman–Crippen MR) is 86.4 cm³/mol. The van der Waals surface area contributed by atoms with Crippen LogP contribution in [0.3, 0.4) is 0 Å². The first-order valence-corrected chi connectivity index (χ1v) is 7.76. The van der Waals surface area contributed by atoms with Crippen LogP contribution in [0.4, 0.5) is 5.69 Å². The molecule has 0 aliphatic carbocycles. The van der Waals surface area contributed by atoms with Gasteiger partial charge in [-0.3, -0.25) is 4.79 Å². The van der Waals surface area contributed by atoms with Crippen molar-refractivity contribution in [3.63, 3.8) is 0 Å². The van der Waals surface area contributed by atoms with Crippen molar-refractivity contribution in [1.82, 2.24) is 0 Å². The first kappa shape index (κ1) is 17.3. The lowest BCUT2D eigenvalue weighted by atomic mass is 9.99. The second-order valence-electron chi connectivity index (χ2n) is 4.60. The van der Waals surface area contributed by atoms with Gasteiger partial charge in [0.25, 0.3) is 0 Å². The van der Waals surface area contributed by atoms with Gasteiger partial charge in [0.05, 0.1) is 22.8 Å². The first-order chi connectivity index (χ1) is 9.40. The van der Waals surface area contributed by atoms with Crippen LogP contribution in [0.5, 0.6) is 5.75 Å². The molecule has 0 radical (unpaired) electrons. The van der Waals surface area contributed by atoms with Crippen molar-refractivity contribution in [1.29, 1.82) is 0 Å². The Morgan fingerprint density at radius 2 is 2.15 bits per heavy atom. The van der Waals surface area contributed by atoms with E-state index in [2.05, 4.69) is 21.2 Å². The summed E-state index contributed by atoms with van der Waals surface area (Å²) in [5.74, 6) is 0.421. The number of carbonyl (C=O) groups is 1. The molecule has 0 spiro atoms. The Labute approximate surface area is 133 Å². The van der Waals surface area contributed by atoms with E-state index in [0.29, 0.717) is 27.5 Å². The summed E-state index contributed by atoms with van der Waals surface area (Å²) >= 11 is 9.38. The number of halogens is 2. The van der Waals surface area contributed by atoms with E-state index in [1.54, 1.807) is 12.1 Å². The van der Waals surface area contributed by atoms with Crippen molar-refractivity contribution in [3.05, 3.63) is 21.6 Å². The van der Waals surface area contributed by atoms with Crippen LogP contribution in [0.2, 0.25) is 5.02 Å². The first-order valence-electron chi connectivity index (χ1n) is 6.58. The van der Waals surface area contributed by atoms with Gasteiger partial charge in [-0.2, -0.15) is 0 Å². The quantitative estimate of drug-likeness (QED) is 0.807. The molecule has 0 saturated carbocycles. The van der Waals surface area contributed by atoms with Crippen LogP contribution in [-0.2, 0) is 4.79 Å². The van der Waals surface area contributed by atoms with Crippen LogP contribution in [0.1, 0.15) is 27.2 Å². The summed E-state index contributed by atoms with van der Waals surface area (Å²) in [5.41, 5.74) is 6.44. The fraction of sp³-hybridized carbons (Fsp3) is 0.500. The molecule has 4 nitrogen and oxygen atoms in total. The second kappa shape index (κ2) is 7.86. The maximum atomic E-state index is 12.1. The Hall–Kier alpha value is -0.780. The molecule has 1 amide bonds. The standard InChI is InChI=1S/C14H20BrClN2O2/c1-4-8(3)12(17)14(19)18-11-7-9(16)6-10(15)13(11)20-5-2/h6-8,12H,4-5,17H2,1-3H3,(H,18,19). The van der Waals surface area contributed by atoms with Gasteiger partial charge in [-0.05, 0) is 40.9 Å². The molecule has 112 valence electrons. The molecule has 0 aliphatic heterocycles. The Bertz CT molecular complexity index is 482. The second-order valence-corrected chi connectivity index (χ2v) is 5.89. The molecule has 0 saturated heterocycles. The summed E-state index contributed by atoms with van der Waals surface area (Å²) in [6.07, 6.45) is 0.839. The number of benzene rings is 1. The van der Waals surface area contributed by atoms with Crippen molar-refractivity contribution in [2.75, 3.05) is 11.9 Å². The highest BCUT2D eigenvalue weighted by atomic mass is 79.9. The molecule has 0 fully saturated rings. The van der Waals surface area contributed by atoms with E-state index in [4.69, 9.17) is 22.1 Å². The average Bonchev–Trinajstić information content (AvgIpc) is 2.40. The van der Waals surface area contributed by atoms with E-state index >= 15 is 0 Å². The number of rotatable bonds is 6. The third-order valence-electron chi connectivity index (χ3n) is 3.11. The lowest BCUT2D eigenvalue weighted by molar-refractivity contribution is -0.118. The van der Waals surface area contributed by atoms with Gasteiger partial charge >= 0.3 is 0 Å². The smallest absolute Gasteiger partial charge is 0.241 e. The fourth-order valence-electron chi connectivity index (χ4n) is 1.67. The zero-order valence-electron chi connectivity index (χ0n) is 11.9. The zero-order valence-corrected chi connectivity index (χ0v) is 14.2. The maximum Gasteiger partial charge on any atom is 0.241 e. The van der Waals surface area contributed by atoms with Crippen molar-refractivity contribution in [2.45, 2.75) is 33.2 Å². The van der Waals surface area contributed by atoms with Crippen LogP contribution in [0, 0.1) is 5.92 Å². The molecule has 0 bridgehead atoms. The van der Waals surface area contributed by atoms with E-state index in [1.165, 1.54) is 0 Å². The minimum absolute atomic E-state index is 0.105. The topological polar surface area (TPSA) is 64.3 Å². The predicted octanol–water partition coefficient (Wildman–Crippen LogP) is 3.81. The molecule has 1 rings (SSSR count). The summed E-state index contributed by atoms with van der Waals surface area (Å²) in [7, 11) is 0. The van der Waals surface area contributed by atoms with Gasteiger partial charge in [0.1, 0.15) is 0 Å². The largest absolute Gasteiger partial charge is 0.491 e. The summed E-state index contributed by atoms with van der Waals surface area (Å²) in [4.78, 5) is 12.1. The van der Waals surface area contributed by atoms with Crippen molar-refractivity contribution >= 4 is 39.1 Å². The molecule has 0 heterocycles. The van der Waals surface area contributed by atoms with Crippen LogP contribution in [-0.4, -0.2) is 18.6 Å². The van der Waals surface area contributed by atoms with E-state index < -0.39 is 6.04 Å². The summed E-state index contributed by atoms with van der Waals surface area (Å²) in [6, 6.07) is 2.81. The molecule has 20 heavy (non-hydrogen) atoms. The number of amides is 1. The molecule has 3 N–H and O–H groups in total. The zero-order chi connectivity index (χ0) is 15.3. The van der Waals surface area contributed by atoms with Gasteiger partial charge in [0.15, 0.2) is 5.75 Å². The van der Waals surface area contributed by atoms with Crippen LogP contribution < -0.4 is 15.8 Å². The monoisotopic (exact) mass is 362 g/mol. The van der Waals surface area contributed by atoms with Crippen LogP contribution in [0.15, 0.2) is 16.6 Å². The molecule has 1 aromatic rings. The fourth-order valence-corrected chi connectivity index (χ4v) is 2.60. The molecule has 6 heteroatoms. The normalized spacial score (nSPS) is 13.7. The molecule has 0 aliphatic rings. The lowest BCUT2D eigenvalue weighted by Gasteiger charge is -2.19. The number of ether oxygens (including phenoxy) is 1. The molecule has 0 aromatic heterocycles. The van der Waals surface area contributed by atoms with E-state index in [1.807, 2.05) is 20.8 Å². The number of anilines is 1. The number of carbonyl (C=O) groups excluding carboxylic acids is 1. The van der Waals surface area contributed by atoms with Gasteiger partial charge in [0, 0.05) is 5.02 Å². The maximum absolute atomic E-state index is 12.1. The van der Waals surface area contributed by atoms with Crippen molar-refractivity contribution in [2.24, 2.45) is 11.7 Å². The Morgan fingerprint density at radius 3 is 2.70 bits per heavy atom. The van der Waals surface area contributed by atoms with E-state index in [9.17, 15) is 4.79 Å². The van der Waals surface area contributed by atoms with Gasteiger partial charge in [0.2, 0.25) is 5.91 Å². The summed E-state index contributed by atoms with van der Waals surface area (Å²) < 4.78 is 6.22. The Balaban J connectivity index is 2.99. The number of nitrogens with one attached hydrogen (secondary N) is 1. The van der Waals surface area contributed by atoms with E-state index in [-0.39, 0.29) is 11.8 Å². The SMILES string of the molecule is CCOc1c(Br)cc(Cl)cc1NC(=O)C(N)C(C)CC. The van der Waals surface area contributed by atoms with Crippen LogP contribution >= 0.6 is 27.5 Å². The number of nitrogens with two attached hydrogens (primary N) is 1. The average molecular weight is 364 g/mol. The van der Waals surface area contributed by atoms with Gasteiger partial charge < -0.3 is 15.8 Å². The molecule has 1 aromatic carbocycles. The van der Waals surface area contributed by atoms with E-state index in [0.717, 1.165) is 6.42 Å². The summed E-state index contributed by atoms with van der Waals surface area (Å²) in [6.45, 7) is 6.30. The third-order valence-corrected chi connectivity index (χ3v) is 3.92. The third kappa shape index (κ3) is 4.36. The summed E-state index contributed by atoms with van der Waals surface area (Å²) in [5, 5.41) is 3.30. The minimum Gasteiger partial charge on any atom is -0.491 e. The Kier molecular flexibility index (Phi) is 6.79. The van der Waals surface area contributed by atoms with Crippen molar-refractivity contribution in [3.8, 4) is 5.75 Å². The Morgan fingerprint density at radius 1 is 1.50 bits per heavy atom.